The first-order chi connectivity index (χ1) is 5.36. The van der Waals surface area contributed by atoms with Gasteiger partial charge in [0.1, 0.15) is 0 Å². The van der Waals surface area contributed by atoms with E-state index < -0.39 is 0 Å². The number of nitrogens with one attached hydrogen (secondary N) is 1. The molecule has 0 amide bonds. The highest BCUT2D eigenvalue weighted by atomic mass is 16.7. The number of carbonyl (C=O) groups excluding carboxylic acids is 1. The summed E-state index contributed by atoms with van der Waals surface area (Å²) in [6, 6.07) is 0.293. The normalized spacial score (nSPS) is 30.4. The maximum Gasteiger partial charge on any atom is 0.340 e. The Morgan fingerprint density at radius 1 is 1.64 bits per heavy atom. The fraction of sp³-hybridized carbons (Fsp3) is 0.714. The van der Waals surface area contributed by atoms with Crippen LogP contribution >= 0.6 is 0 Å². The van der Waals surface area contributed by atoms with Crippen LogP contribution in [0.4, 0.5) is 0 Å². The SMILES string of the molecule is O=C1CC(C2CCCN2)=NO1. The van der Waals surface area contributed by atoms with Crippen LogP contribution in [0.2, 0.25) is 0 Å². The third kappa shape index (κ3) is 1.26. The largest absolute Gasteiger partial charge is 0.340 e. The van der Waals surface area contributed by atoms with Crippen molar-refractivity contribution in [3.8, 4) is 0 Å². The van der Waals surface area contributed by atoms with Crippen LogP contribution < -0.4 is 5.32 Å². The van der Waals surface area contributed by atoms with Crippen LogP contribution in [0.3, 0.4) is 0 Å². The summed E-state index contributed by atoms with van der Waals surface area (Å²) < 4.78 is 0. The summed E-state index contributed by atoms with van der Waals surface area (Å²) in [7, 11) is 0. The standard InChI is InChI=1S/C7H10N2O2/c10-7-4-6(9-11-7)5-2-1-3-8-5/h5,8H,1-4H2. The molecule has 1 N–H and O–H groups in total. The molecule has 1 fully saturated rings. The van der Waals surface area contributed by atoms with Gasteiger partial charge in [0.05, 0.1) is 12.1 Å². The molecule has 0 aromatic heterocycles. The summed E-state index contributed by atoms with van der Waals surface area (Å²) in [6.07, 6.45) is 2.62. The maximum atomic E-state index is 10.6. The molecule has 0 aromatic carbocycles. The van der Waals surface area contributed by atoms with Gasteiger partial charge in [-0.3, -0.25) is 0 Å². The van der Waals surface area contributed by atoms with Crippen LogP contribution in [0.15, 0.2) is 5.16 Å². The second kappa shape index (κ2) is 2.62. The number of rotatable bonds is 1. The average molecular weight is 154 g/mol. The van der Waals surface area contributed by atoms with Gasteiger partial charge in [0.25, 0.3) is 0 Å². The zero-order chi connectivity index (χ0) is 7.68. The second-order valence-corrected chi connectivity index (χ2v) is 2.87. The lowest BCUT2D eigenvalue weighted by Gasteiger charge is -2.05. The summed E-state index contributed by atoms with van der Waals surface area (Å²) in [6.45, 7) is 1.03. The van der Waals surface area contributed by atoms with Crippen molar-refractivity contribution in [3.05, 3.63) is 0 Å². The van der Waals surface area contributed by atoms with Gasteiger partial charge < -0.3 is 10.2 Å². The van der Waals surface area contributed by atoms with E-state index in [-0.39, 0.29) is 5.97 Å². The third-order valence-corrected chi connectivity index (χ3v) is 2.05. The summed E-state index contributed by atoms with van der Waals surface area (Å²) in [4.78, 5) is 15.1. The lowest BCUT2D eigenvalue weighted by molar-refractivity contribution is -0.140. The predicted octanol–water partition coefficient (Wildman–Crippen LogP) is 0.0413. The van der Waals surface area contributed by atoms with Gasteiger partial charge in [0, 0.05) is 6.04 Å². The molecule has 4 heteroatoms. The minimum absolute atomic E-state index is 0.228. The van der Waals surface area contributed by atoms with Crippen molar-refractivity contribution >= 4 is 11.7 Å². The summed E-state index contributed by atoms with van der Waals surface area (Å²) in [5.41, 5.74) is 0.868. The Kier molecular flexibility index (Phi) is 1.62. The van der Waals surface area contributed by atoms with Crippen molar-refractivity contribution in [2.24, 2.45) is 5.16 Å². The molecule has 2 heterocycles. The number of nitrogens with zero attached hydrogens (tertiary/aromatic N) is 1. The Balaban J connectivity index is 1.99. The molecule has 0 bridgehead atoms. The van der Waals surface area contributed by atoms with Crippen molar-refractivity contribution in [2.45, 2.75) is 25.3 Å². The zero-order valence-corrected chi connectivity index (χ0v) is 6.17. The highest BCUT2D eigenvalue weighted by Gasteiger charge is 2.27. The maximum absolute atomic E-state index is 10.6. The van der Waals surface area contributed by atoms with Crippen molar-refractivity contribution in [2.75, 3.05) is 6.54 Å². The Bertz CT molecular complexity index is 206. The van der Waals surface area contributed by atoms with E-state index in [1.807, 2.05) is 0 Å². The fourth-order valence-electron chi connectivity index (χ4n) is 1.48. The van der Waals surface area contributed by atoms with E-state index in [0.29, 0.717) is 12.5 Å². The lowest BCUT2D eigenvalue weighted by Crippen LogP contribution is -2.30. The second-order valence-electron chi connectivity index (χ2n) is 2.87. The molecule has 0 aliphatic carbocycles. The predicted molar refractivity (Wildman–Crippen MR) is 39.2 cm³/mol. The molecule has 1 atom stereocenters. The topological polar surface area (TPSA) is 50.7 Å². The van der Waals surface area contributed by atoms with Crippen LogP contribution in [0.1, 0.15) is 19.3 Å². The van der Waals surface area contributed by atoms with Gasteiger partial charge in [-0.25, -0.2) is 4.79 Å². The quantitative estimate of drug-likeness (QED) is 0.542. The molecule has 1 saturated heterocycles. The number of oxime groups is 1. The Labute approximate surface area is 64.6 Å². The van der Waals surface area contributed by atoms with Crippen LogP contribution in [-0.2, 0) is 9.63 Å². The molecule has 0 spiro atoms. The third-order valence-electron chi connectivity index (χ3n) is 2.05. The minimum Gasteiger partial charge on any atom is -0.318 e. The van der Waals surface area contributed by atoms with E-state index in [9.17, 15) is 4.79 Å². The molecule has 2 aliphatic heterocycles. The van der Waals surface area contributed by atoms with Gasteiger partial charge in [-0.2, -0.15) is 0 Å². The smallest absolute Gasteiger partial charge is 0.318 e. The van der Waals surface area contributed by atoms with Gasteiger partial charge in [-0.1, -0.05) is 5.16 Å². The molecule has 2 aliphatic rings. The highest BCUT2D eigenvalue weighted by Crippen LogP contribution is 2.13. The van der Waals surface area contributed by atoms with Crippen molar-refractivity contribution in [1.29, 1.82) is 0 Å². The molecule has 0 radical (unpaired) electrons. The van der Waals surface area contributed by atoms with Crippen molar-refractivity contribution in [1.82, 2.24) is 5.32 Å². The Morgan fingerprint density at radius 2 is 2.55 bits per heavy atom. The van der Waals surface area contributed by atoms with Crippen LogP contribution in [0, 0.1) is 0 Å². The Morgan fingerprint density at radius 3 is 3.09 bits per heavy atom. The molecule has 0 saturated carbocycles. The van der Waals surface area contributed by atoms with E-state index in [4.69, 9.17) is 0 Å². The first-order valence-electron chi connectivity index (χ1n) is 3.86. The van der Waals surface area contributed by atoms with E-state index >= 15 is 0 Å². The fourth-order valence-corrected chi connectivity index (χ4v) is 1.48. The van der Waals surface area contributed by atoms with Gasteiger partial charge >= 0.3 is 5.97 Å². The number of carbonyl (C=O) groups is 1. The number of hydrogen-bond donors (Lipinski definition) is 1. The minimum atomic E-state index is -0.228. The molecule has 11 heavy (non-hydrogen) atoms. The van der Waals surface area contributed by atoms with Gasteiger partial charge in [-0.15, -0.1) is 0 Å². The number of hydrogen-bond acceptors (Lipinski definition) is 4. The van der Waals surface area contributed by atoms with Gasteiger partial charge in [0.2, 0.25) is 0 Å². The molecule has 2 rings (SSSR count). The van der Waals surface area contributed by atoms with E-state index in [0.717, 1.165) is 25.1 Å². The summed E-state index contributed by atoms with van der Waals surface area (Å²) in [5, 5.41) is 6.96. The van der Waals surface area contributed by atoms with Crippen LogP contribution in [0.5, 0.6) is 0 Å². The molecule has 4 nitrogen and oxygen atoms in total. The van der Waals surface area contributed by atoms with E-state index in [1.54, 1.807) is 0 Å². The van der Waals surface area contributed by atoms with Gasteiger partial charge in [-0.05, 0) is 19.4 Å². The zero-order valence-electron chi connectivity index (χ0n) is 6.17. The van der Waals surface area contributed by atoms with Crippen LogP contribution in [-0.4, -0.2) is 24.3 Å². The molecular weight excluding hydrogens is 144 g/mol. The molecular formula is C7H10N2O2. The van der Waals surface area contributed by atoms with E-state index in [1.165, 1.54) is 0 Å². The molecule has 60 valence electrons. The van der Waals surface area contributed by atoms with Crippen LogP contribution in [0.25, 0.3) is 0 Å². The summed E-state index contributed by atoms with van der Waals surface area (Å²) in [5.74, 6) is -0.228. The average Bonchev–Trinajstić information content (AvgIpc) is 2.55. The lowest BCUT2D eigenvalue weighted by atomic mass is 10.1. The van der Waals surface area contributed by atoms with Gasteiger partial charge in [0.15, 0.2) is 0 Å². The first-order valence-corrected chi connectivity index (χ1v) is 3.86. The highest BCUT2D eigenvalue weighted by molar-refractivity contribution is 6.04. The van der Waals surface area contributed by atoms with Crippen molar-refractivity contribution < 1.29 is 9.63 Å². The molecule has 1 unspecified atom stereocenters. The van der Waals surface area contributed by atoms with Crippen molar-refractivity contribution in [3.63, 3.8) is 0 Å². The summed E-state index contributed by atoms with van der Waals surface area (Å²) >= 11 is 0. The Hall–Kier alpha value is -0.900. The van der Waals surface area contributed by atoms with E-state index in [2.05, 4.69) is 15.3 Å². The first kappa shape index (κ1) is 6.79. The molecule has 0 aromatic rings. The monoisotopic (exact) mass is 154 g/mol.